The van der Waals surface area contributed by atoms with Crippen LogP contribution in [0.15, 0.2) is 23.1 Å². The van der Waals surface area contributed by atoms with Crippen molar-refractivity contribution in [2.24, 2.45) is 7.05 Å². The molecule has 76 valence electrons. The molecule has 1 aliphatic heterocycles. The van der Waals surface area contributed by atoms with E-state index in [1.54, 1.807) is 10.6 Å². The Labute approximate surface area is 83.8 Å². The second kappa shape index (κ2) is 3.96. The van der Waals surface area contributed by atoms with Crippen LogP contribution in [0.3, 0.4) is 0 Å². The highest BCUT2D eigenvalue weighted by atomic mass is 16.1. The zero-order chi connectivity index (χ0) is 9.97. The number of rotatable bonds is 1. The van der Waals surface area contributed by atoms with E-state index in [4.69, 9.17) is 0 Å². The molecule has 0 spiro atoms. The summed E-state index contributed by atoms with van der Waals surface area (Å²) in [6.45, 7) is 2.18. The molecule has 3 heteroatoms. The number of aromatic nitrogens is 1. The molecule has 0 aliphatic carbocycles. The summed E-state index contributed by atoms with van der Waals surface area (Å²) >= 11 is 0. The van der Waals surface area contributed by atoms with E-state index in [-0.39, 0.29) is 5.56 Å². The maximum atomic E-state index is 11.2. The summed E-state index contributed by atoms with van der Waals surface area (Å²) in [5.74, 6) is 0.628. The molecule has 1 saturated heterocycles. The first-order valence-corrected chi connectivity index (χ1v) is 5.14. The molecular formula is C11H16N2O. The first-order valence-electron chi connectivity index (χ1n) is 5.14. The molecule has 0 atom stereocenters. The Balaban J connectivity index is 2.22. The van der Waals surface area contributed by atoms with Crippen LogP contribution in [0.1, 0.15) is 24.3 Å². The highest BCUT2D eigenvalue weighted by Crippen LogP contribution is 2.23. The van der Waals surface area contributed by atoms with E-state index < -0.39 is 0 Å². The molecule has 1 fully saturated rings. The van der Waals surface area contributed by atoms with Crippen molar-refractivity contribution in [1.29, 1.82) is 0 Å². The maximum absolute atomic E-state index is 11.2. The van der Waals surface area contributed by atoms with Crippen molar-refractivity contribution in [1.82, 2.24) is 9.88 Å². The topological polar surface area (TPSA) is 34.0 Å². The molecule has 2 heterocycles. The van der Waals surface area contributed by atoms with Gasteiger partial charge in [0.15, 0.2) is 0 Å². The number of nitrogens with one attached hydrogen (secondary N) is 1. The summed E-state index contributed by atoms with van der Waals surface area (Å²) in [4.78, 5) is 11.2. The molecule has 0 bridgehead atoms. The molecule has 3 nitrogen and oxygen atoms in total. The molecular weight excluding hydrogens is 176 g/mol. The van der Waals surface area contributed by atoms with Crippen molar-refractivity contribution in [3.63, 3.8) is 0 Å². The standard InChI is InChI=1S/C11H16N2O/c1-13-8-10(2-3-11(13)14)9-4-6-12-7-5-9/h2-3,8-9,12H,4-7H2,1H3. The third kappa shape index (κ3) is 1.87. The minimum atomic E-state index is 0.0719. The number of hydrogen-bond donors (Lipinski definition) is 1. The molecule has 1 aromatic heterocycles. The van der Waals surface area contributed by atoms with Crippen LogP contribution in [0.2, 0.25) is 0 Å². The molecule has 0 amide bonds. The van der Waals surface area contributed by atoms with Crippen LogP contribution in [-0.4, -0.2) is 17.7 Å². The molecule has 1 aromatic rings. The lowest BCUT2D eigenvalue weighted by Crippen LogP contribution is -2.27. The number of pyridine rings is 1. The van der Waals surface area contributed by atoms with Gasteiger partial charge in [0.25, 0.3) is 0 Å². The minimum absolute atomic E-state index is 0.0719. The van der Waals surface area contributed by atoms with Crippen LogP contribution >= 0.6 is 0 Å². The van der Waals surface area contributed by atoms with Crippen LogP contribution in [0.5, 0.6) is 0 Å². The van der Waals surface area contributed by atoms with Gasteiger partial charge < -0.3 is 9.88 Å². The smallest absolute Gasteiger partial charge is 0.250 e. The lowest BCUT2D eigenvalue weighted by Gasteiger charge is -2.23. The monoisotopic (exact) mass is 192 g/mol. The van der Waals surface area contributed by atoms with E-state index in [0.29, 0.717) is 5.92 Å². The highest BCUT2D eigenvalue weighted by molar-refractivity contribution is 5.16. The van der Waals surface area contributed by atoms with E-state index in [1.165, 1.54) is 18.4 Å². The molecule has 1 aliphatic rings. The predicted octanol–water partition coefficient (Wildman–Crippen LogP) is 0.852. The fraction of sp³-hybridized carbons (Fsp3) is 0.545. The van der Waals surface area contributed by atoms with Gasteiger partial charge >= 0.3 is 0 Å². The van der Waals surface area contributed by atoms with Gasteiger partial charge in [0.1, 0.15) is 0 Å². The summed E-state index contributed by atoms with van der Waals surface area (Å²) in [6.07, 6.45) is 4.33. The van der Waals surface area contributed by atoms with Crippen molar-refractivity contribution in [2.75, 3.05) is 13.1 Å². The molecule has 1 N–H and O–H groups in total. The third-order valence-corrected chi connectivity index (χ3v) is 2.92. The van der Waals surface area contributed by atoms with Gasteiger partial charge in [-0.3, -0.25) is 4.79 Å². The van der Waals surface area contributed by atoms with Crippen LogP contribution in [0, 0.1) is 0 Å². The number of aryl methyl sites for hydroxylation is 1. The van der Waals surface area contributed by atoms with E-state index in [1.807, 2.05) is 19.3 Å². The van der Waals surface area contributed by atoms with Gasteiger partial charge in [0.05, 0.1) is 0 Å². The largest absolute Gasteiger partial charge is 0.318 e. The van der Waals surface area contributed by atoms with E-state index in [2.05, 4.69) is 5.32 Å². The van der Waals surface area contributed by atoms with Crippen molar-refractivity contribution >= 4 is 0 Å². The third-order valence-electron chi connectivity index (χ3n) is 2.92. The second-order valence-corrected chi connectivity index (χ2v) is 3.94. The number of piperidine rings is 1. The quantitative estimate of drug-likeness (QED) is 0.716. The zero-order valence-corrected chi connectivity index (χ0v) is 8.49. The summed E-state index contributed by atoms with van der Waals surface area (Å²) in [6, 6.07) is 3.63. The molecule has 0 unspecified atom stereocenters. The number of hydrogen-bond acceptors (Lipinski definition) is 2. The van der Waals surface area contributed by atoms with Gasteiger partial charge in [-0.2, -0.15) is 0 Å². The lowest BCUT2D eigenvalue weighted by molar-refractivity contribution is 0.458. The van der Waals surface area contributed by atoms with Crippen LogP contribution < -0.4 is 10.9 Å². The fourth-order valence-corrected chi connectivity index (χ4v) is 2.01. The van der Waals surface area contributed by atoms with E-state index in [9.17, 15) is 4.79 Å². The number of nitrogens with zero attached hydrogens (tertiary/aromatic N) is 1. The normalized spacial score (nSPS) is 18.4. The predicted molar refractivity (Wildman–Crippen MR) is 56.5 cm³/mol. The van der Waals surface area contributed by atoms with Gasteiger partial charge in [-0.1, -0.05) is 6.07 Å². The Morgan fingerprint density at radius 3 is 2.71 bits per heavy atom. The van der Waals surface area contributed by atoms with Gasteiger partial charge in [-0.25, -0.2) is 0 Å². The Bertz CT molecular complexity index is 364. The summed E-state index contributed by atoms with van der Waals surface area (Å²) in [5.41, 5.74) is 1.37. The Kier molecular flexibility index (Phi) is 2.68. The average molecular weight is 192 g/mol. The summed E-state index contributed by atoms with van der Waals surface area (Å²) in [5, 5.41) is 3.34. The molecule has 0 saturated carbocycles. The van der Waals surface area contributed by atoms with Gasteiger partial charge in [-0.15, -0.1) is 0 Å². The first-order chi connectivity index (χ1) is 6.77. The van der Waals surface area contributed by atoms with Crippen LogP contribution in [0.25, 0.3) is 0 Å². The van der Waals surface area contributed by atoms with Crippen LogP contribution in [-0.2, 0) is 7.05 Å². The first kappa shape index (κ1) is 9.46. The van der Waals surface area contributed by atoms with Crippen molar-refractivity contribution in [2.45, 2.75) is 18.8 Å². The average Bonchev–Trinajstić information content (AvgIpc) is 2.23. The minimum Gasteiger partial charge on any atom is -0.318 e. The highest BCUT2D eigenvalue weighted by Gasteiger charge is 2.15. The fourth-order valence-electron chi connectivity index (χ4n) is 2.01. The Morgan fingerprint density at radius 2 is 2.07 bits per heavy atom. The van der Waals surface area contributed by atoms with Crippen LogP contribution in [0.4, 0.5) is 0 Å². The van der Waals surface area contributed by atoms with Gasteiger partial charge in [0, 0.05) is 19.3 Å². The maximum Gasteiger partial charge on any atom is 0.250 e. The van der Waals surface area contributed by atoms with Crippen molar-refractivity contribution in [3.05, 3.63) is 34.2 Å². The lowest BCUT2D eigenvalue weighted by atomic mass is 9.91. The molecule has 2 rings (SSSR count). The van der Waals surface area contributed by atoms with E-state index >= 15 is 0 Å². The van der Waals surface area contributed by atoms with Crippen molar-refractivity contribution in [3.8, 4) is 0 Å². The van der Waals surface area contributed by atoms with Gasteiger partial charge in [0.2, 0.25) is 5.56 Å². The Hall–Kier alpha value is -1.09. The summed E-state index contributed by atoms with van der Waals surface area (Å²) in [7, 11) is 1.81. The second-order valence-electron chi connectivity index (χ2n) is 3.94. The van der Waals surface area contributed by atoms with Crippen molar-refractivity contribution < 1.29 is 0 Å². The zero-order valence-electron chi connectivity index (χ0n) is 8.49. The molecule has 0 aromatic carbocycles. The van der Waals surface area contributed by atoms with Gasteiger partial charge in [-0.05, 0) is 37.4 Å². The summed E-state index contributed by atoms with van der Waals surface area (Å²) < 4.78 is 1.66. The molecule has 0 radical (unpaired) electrons. The SMILES string of the molecule is Cn1cc(C2CCNCC2)ccc1=O. The van der Waals surface area contributed by atoms with E-state index in [0.717, 1.165) is 13.1 Å². The Morgan fingerprint density at radius 1 is 1.36 bits per heavy atom. The molecule has 14 heavy (non-hydrogen) atoms.